The molecule has 0 heterocycles. The molecule has 1 aliphatic carbocycles. The van der Waals surface area contributed by atoms with Crippen molar-refractivity contribution in [2.45, 2.75) is 43.9 Å². The summed E-state index contributed by atoms with van der Waals surface area (Å²) in [5.41, 5.74) is 6.04. The third-order valence-electron chi connectivity index (χ3n) is 4.25. The fourth-order valence-corrected chi connectivity index (χ4v) is 4.55. The molecule has 0 atom stereocenters. The lowest BCUT2D eigenvalue weighted by Crippen LogP contribution is -2.27. The molecular weight excluding hydrogens is 352 g/mol. The van der Waals surface area contributed by atoms with Gasteiger partial charge in [0.2, 0.25) is 10.0 Å². The van der Waals surface area contributed by atoms with E-state index >= 15 is 0 Å². The second kappa shape index (κ2) is 7.11. The molecule has 0 spiro atoms. The van der Waals surface area contributed by atoms with Crippen LogP contribution in [0.4, 0.5) is 5.69 Å². The molecule has 1 saturated carbocycles. The highest BCUT2D eigenvalue weighted by atomic mass is 79.9. The van der Waals surface area contributed by atoms with Crippen molar-refractivity contribution in [2.75, 3.05) is 12.3 Å². The summed E-state index contributed by atoms with van der Waals surface area (Å²) in [7, 11) is -3.53. The standard InChI is InChI=1S/C15H23BrN2O2S/c1-11-2-4-12(5-3-11)8-9-18-21(19,20)15-10-13(16)6-7-14(15)17/h6-7,10-12,18H,2-5,8-9,17H2,1H3. The van der Waals surface area contributed by atoms with Crippen LogP contribution in [0.25, 0.3) is 0 Å². The summed E-state index contributed by atoms with van der Waals surface area (Å²) in [4.78, 5) is 0.147. The van der Waals surface area contributed by atoms with Gasteiger partial charge in [0.05, 0.1) is 5.69 Å². The monoisotopic (exact) mass is 374 g/mol. The molecule has 3 N–H and O–H groups in total. The van der Waals surface area contributed by atoms with Crippen molar-refractivity contribution in [2.24, 2.45) is 11.8 Å². The van der Waals surface area contributed by atoms with Crippen molar-refractivity contribution in [3.05, 3.63) is 22.7 Å². The van der Waals surface area contributed by atoms with Crippen molar-refractivity contribution in [1.29, 1.82) is 0 Å². The van der Waals surface area contributed by atoms with E-state index < -0.39 is 10.0 Å². The number of nitrogens with two attached hydrogens (primary N) is 1. The maximum atomic E-state index is 12.3. The Morgan fingerprint density at radius 1 is 1.29 bits per heavy atom. The van der Waals surface area contributed by atoms with E-state index in [1.807, 2.05) is 0 Å². The van der Waals surface area contributed by atoms with Gasteiger partial charge in [0.1, 0.15) is 4.90 Å². The van der Waals surface area contributed by atoms with Gasteiger partial charge in [-0.1, -0.05) is 48.5 Å². The van der Waals surface area contributed by atoms with Gasteiger partial charge in [0.25, 0.3) is 0 Å². The molecule has 118 valence electrons. The van der Waals surface area contributed by atoms with E-state index in [0.717, 1.165) is 12.3 Å². The Bertz CT molecular complexity index is 581. The van der Waals surface area contributed by atoms with E-state index in [9.17, 15) is 8.42 Å². The van der Waals surface area contributed by atoms with E-state index in [0.29, 0.717) is 16.9 Å². The fraction of sp³-hybridized carbons (Fsp3) is 0.600. The van der Waals surface area contributed by atoms with Gasteiger partial charge in [-0.15, -0.1) is 0 Å². The SMILES string of the molecule is CC1CCC(CCNS(=O)(=O)c2cc(Br)ccc2N)CC1. The summed E-state index contributed by atoms with van der Waals surface area (Å²) < 4.78 is 28.0. The van der Waals surface area contributed by atoms with Crippen LogP contribution in [-0.2, 0) is 10.0 Å². The molecule has 4 nitrogen and oxygen atoms in total. The van der Waals surface area contributed by atoms with Crippen molar-refractivity contribution in [1.82, 2.24) is 4.72 Å². The van der Waals surface area contributed by atoms with Gasteiger partial charge in [-0.3, -0.25) is 0 Å². The first-order chi connectivity index (χ1) is 9.88. The number of rotatable bonds is 5. The third kappa shape index (κ3) is 4.69. The lowest BCUT2D eigenvalue weighted by atomic mass is 9.81. The predicted octanol–water partition coefficient (Wildman–Crippen LogP) is 3.53. The third-order valence-corrected chi connectivity index (χ3v) is 6.26. The number of anilines is 1. The second-order valence-corrected chi connectivity index (χ2v) is 8.65. The van der Waals surface area contributed by atoms with Crippen LogP contribution < -0.4 is 10.5 Å². The second-order valence-electron chi connectivity index (χ2n) is 5.99. The largest absolute Gasteiger partial charge is 0.398 e. The Hall–Kier alpha value is -0.590. The first kappa shape index (κ1) is 16.8. The van der Waals surface area contributed by atoms with Gasteiger partial charge < -0.3 is 5.73 Å². The number of nitrogens with one attached hydrogen (secondary N) is 1. The average molecular weight is 375 g/mol. The van der Waals surface area contributed by atoms with Gasteiger partial charge in [-0.2, -0.15) is 0 Å². The first-order valence-corrected chi connectivity index (χ1v) is 9.71. The molecule has 0 radical (unpaired) electrons. The molecule has 1 aliphatic rings. The number of halogens is 1. The van der Waals surface area contributed by atoms with Crippen LogP contribution in [0.15, 0.2) is 27.6 Å². The summed E-state index contributed by atoms with van der Waals surface area (Å²) in [6, 6.07) is 4.87. The molecule has 1 fully saturated rings. The lowest BCUT2D eigenvalue weighted by molar-refractivity contribution is 0.278. The van der Waals surface area contributed by atoms with Gasteiger partial charge in [0, 0.05) is 11.0 Å². The van der Waals surface area contributed by atoms with Crippen LogP contribution >= 0.6 is 15.9 Å². The Morgan fingerprint density at radius 2 is 1.95 bits per heavy atom. The zero-order valence-electron chi connectivity index (χ0n) is 12.3. The molecule has 0 aliphatic heterocycles. The van der Waals surface area contributed by atoms with Gasteiger partial charge in [0.15, 0.2) is 0 Å². The van der Waals surface area contributed by atoms with E-state index in [-0.39, 0.29) is 10.6 Å². The van der Waals surface area contributed by atoms with Gasteiger partial charge >= 0.3 is 0 Å². The van der Waals surface area contributed by atoms with Crippen LogP contribution in [-0.4, -0.2) is 15.0 Å². The highest BCUT2D eigenvalue weighted by molar-refractivity contribution is 9.10. The maximum absolute atomic E-state index is 12.3. The quantitative estimate of drug-likeness (QED) is 0.774. The number of sulfonamides is 1. The highest BCUT2D eigenvalue weighted by Gasteiger charge is 2.20. The predicted molar refractivity (Wildman–Crippen MR) is 89.5 cm³/mol. The summed E-state index contributed by atoms with van der Waals surface area (Å²) in [5.74, 6) is 1.46. The van der Waals surface area contributed by atoms with Crippen molar-refractivity contribution in [3.63, 3.8) is 0 Å². The van der Waals surface area contributed by atoms with E-state index in [4.69, 9.17) is 5.73 Å². The Morgan fingerprint density at radius 3 is 2.62 bits per heavy atom. The maximum Gasteiger partial charge on any atom is 0.242 e. The first-order valence-electron chi connectivity index (χ1n) is 7.43. The molecule has 0 bridgehead atoms. The molecule has 0 amide bonds. The zero-order valence-corrected chi connectivity index (χ0v) is 14.7. The summed E-state index contributed by atoms with van der Waals surface area (Å²) in [5, 5.41) is 0. The molecule has 1 aromatic carbocycles. The molecular formula is C15H23BrN2O2S. The molecule has 1 aromatic rings. The minimum absolute atomic E-state index is 0.147. The van der Waals surface area contributed by atoms with Crippen molar-refractivity contribution < 1.29 is 8.42 Å². The van der Waals surface area contributed by atoms with Gasteiger partial charge in [-0.25, -0.2) is 13.1 Å². The molecule has 0 saturated heterocycles. The molecule has 0 unspecified atom stereocenters. The number of hydrogen-bond acceptors (Lipinski definition) is 3. The van der Waals surface area contributed by atoms with E-state index in [1.54, 1.807) is 18.2 Å². The smallest absolute Gasteiger partial charge is 0.242 e. The number of benzene rings is 1. The van der Waals surface area contributed by atoms with Crippen LogP contribution in [0, 0.1) is 11.8 Å². The summed E-state index contributed by atoms with van der Waals surface area (Å²) >= 11 is 3.28. The zero-order chi connectivity index (χ0) is 15.5. The fourth-order valence-electron chi connectivity index (χ4n) is 2.83. The Balaban J connectivity index is 1.91. The minimum Gasteiger partial charge on any atom is -0.398 e. The Labute approximate surface area is 135 Å². The highest BCUT2D eigenvalue weighted by Crippen LogP contribution is 2.30. The van der Waals surface area contributed by atoms with Crippen LogP contribution in [0.3, 0.4) is 0 Å². The van der Waals surface area contributed by atoms with Crippen LogP contribution in [0.5, 0.6) is 0 Å². The van der Waals surface area contributed by atoms with Crippen LogP contribution in [0.2, 0.25) is 0 Å². The average Bonchev–Trinajstić information content (AvgIpc) is 2.43. The van der Waals surface area contributed by atoms with Gasteiger partial charge in [-0.05, 0) is 36.5 Å². The van der Waals surface area contributed by atoms with E-state index in [2.05, 4.69) is 27.6 Å². The Kier molecular flexibility index (Phi) is 5.68. The van der Waals surface area contributed by atoms with Crippen molar-refractivity contribution in [3.8, 4) is 0 Å². The normalized spacial score (nSPS) is 23.1. The lowest BCUT2D eigenvalue weighted by Gasteiger charge is -2.26. The molecule has 6 heteroatoms. The topological polar surface area (TPSA) is 72.2 Å². The molecule has 0 aromatic heterocycles. The number of hydrogen-bond donors (Lipinski definition) is 2. The van der Waals surface area contributed by atoms with E-state index in [1.165, 1.54) is 25.7 Å². The molecule has 21 heavy (non-hydrogen) atoms. The molecule has 2 rings (SSSR count). The van der Waals surface area contributed by atoms with Crippen LogP contribution in [0.1, 0.15) is 39.0 Å². The van der Waals surface area contributed by atoms with Crippen molar-refractivity contribution >= 4 is 31.6 Å². The summed E-state index contributed by atoms with van der Waals surface area (Å²) in [6.45, 7) is 2.77. The minimum atomic E-state index is -3.53. The summed E-state index contributed by atoms with van der Waals surface area (Å²) in [6.07, 6.45) is 5.84. The number of nitrogen functional groups attached to an aromatic ring is 1.